The molecule has 13 heteroatoms. The molecule has 0 aromatic carbocycles. The molecule has 0 heterocycles. The summed E-state index contributed by atoms with van der Waals surface area (Å²) in [4.78, 5) is 78.1. The van der Waals surface area contributed by atoms with Crippen LogP contribution in [-0.4, -0.2) is 111 Å². The van der Waals surface area contributed by atoms with Crippen LogP contribution in [0, 0.1) is 11.8 Å². The molecule has 0 radical (unpaired) electrons. The van der Waals surface area contributed by atoms with E-state index in [1.165, 1.54) is 28.1 Å². The molecule has 0 aromatic heterocycles. The van der Waals surface area contributed by atoms with Gasteiger partial charge in [-0.2, -0.15) is 0 Å². The molecule has 224 valence electrons. The SMILES string of the molecule is CCC(C)[C@@H](NC)C(=O)CC(O)(C(=O)O)C(=O)C(O)(CC(=O)C(C)(O)C(=O)[C@@H](NC)C(C)C)C(=O)[C@H](C)NC. The maximum absolute atomic E-state index is 13.6. The molecule has 0 amide bonds. The number of likely N-dealkylation sites (N-methyl/N-ethyl adjacent to an activating group) is 3. The van der Waals surface area contributed by atoms with Crippen LogP contribution in [0.25, 0.3) is 0 Å². The zero-order chi connectivity index (χ0) is 31.1. The van der Waals surface area contributed by atoms with E-state index >= 15 is 0 Å². The average molecular weight is 560 g/mol. The lowest BCUT2D eigenvalue weighted by molar-refractivity contribution is -0.181. The number of carbonyl (C=O) groups excluding carboxylic acids is 5. The van der Waals surface area contributed by atoms with E-state index in [-0.39, 0.29) is 11.8 Å². The van der Waals surface area contributed by atoms with Gasteiger partial charge < -0.3 is 36.4 Å². The van der Waals surface area contributed by atoms with Crippen LogP contribution in [0.5, 0.6) is 0 Å². The van der Waals surface area contributed by atoms with Gasteiger partial charge in [-0.1, -0.05) is 34.1 Å². The predicted molar refractivity (Wildman–Crippen MR) is 141 cm³/mol. The van der Waals surface area contributed by atoms with Crippen molar-refractivity contribution in [2.75, 3.05) is 21.1 Å². The van der Waals surface area contributed by atoms with Gasteiger partial charge in [0.05, 0.1) is 31.0 Å². The number of nitrogens with one attached hydrogen (secondary N) is 3. The number of hydrogen-bond acceptors (Lipinski definition) is 12. The lowest BCUT2D eigenvalue weighted by Crippen LogP contribution is -2.66. The Hall–Kier alpha value is -2.42. The molecular weight excluding hydrogens is 514 g/mol. The number of aliphatic hydroxyl groups is 3. The Morgan fingerprint density at radius 2 is 1.23 bits per heavy atom. The molecule has 4 unspecified atom stereocenters. The van der Waals surface area contributed by atoms with Crippen molar-refractivity contribution in [2.45, 2.75) is 95.7 Å². The first-order chi connectivity index (χ1) is 17.7. The molecule has 0 aliphatic rings. The van der Waals surface area contributed by atoms with Gasteiger partial charge in [-0.25, -0.2) is 4.79 Å². The Labute approximate surface area is 229 Å². The monoisotopic (exact) mass is 559 g/mol. The number of ketones is 5. The summed E-state index contributed by atoms with van der Waals surface area (Å²) in [7, 11) is 4.13. The van der Waals surface area contributed by atoms with Crippen LogP contribution in [0.2, 0.25) is 0 Å². The van der Waals surface area contributed by atoms with Gasteiger partial charge >= 0.3 is 5.97 Å². The lowest BCUT2D eigenvalue weighted by atomic mass is 9.72. The van der Waals surface area contributed by atoms with Crippen LogP contribution in [0.3, 0.4) is 0 Å². The van der Waals surface area contributed by atoms with Gasteiger partial charge in [0, 0.05) is 0 Å². The summed E-state index contributed by atoms with van der Waals surface area (Å²) in [6.07, 6.45) is -2.37. The normalized spacial score (nSPS) is 19.5. The molecule has 0 aromatic rings. The fraction of sp³-hybridized carbons (Fsp3) is 0.769. The largest absolute Gasteiger partial charge is 0.479 e. The molecule has 0 rings (SSSR count). The van der Waals surface area contributed by atoms with Crippen molar-refractivity contribution in [3.05, 3.63) is 0 Å². The third kappa shape index (κ3) is 7.83. The first-order valence-electron chi connectivity index (χ1n) is 12.9. The van der Waals surface area contributed by atoms with Gasteiger partial charge in [0.25, 0.3) is 0 Å². The Morgan fingerprint density at radius 1 is 0.744 bits per heavy atom. The smallest absolute Gasteiger partial charge is 0.344 e. The molecule has 0 saturated heterocycles. The zero-order valence-corrected chi connectivity index (χ0v) is 24.2. The number of carbonyl (C=O) groups is 6. The summed E-state index contributed by atoms with van der Waals surface area (Å²) in [6.45, 7) is 8.76. The summed E-state index contributed by atoms with van der Waals surface area (Å²) in [5.41, 5.74) is -9.94. The van der Waals surface area contributed by atoms with Crippen LogP contribution in [0.15, 0.2) is 0 Å². The minimum Gasteiger partial charge on any atom is -0.479 e. The second-order valence-electron chi connectivity index (χ2n) is 10.6. The highest BCUT2D eigenvalue weighted by molar-refractivity contribution is 6.25. The summed E-state index contributed by atoms with van der Waals surface area (Å²) in [5.74, 6) is -9.74. The van der Waals surface area contributed by atoms with Crippen molar-refractivity contribution in [2.24, 2.45) is 11.8 Å². The molecule has 7 N–H and O–H groups in total. The highest BCUT2D eigenvalue weighted by atomic mass is 16.4. The second kappa shape index (κ2) is 14.3. The lowest BCUT2D eigenvalue weighted by Gasteiger charge is -2.36. The molecule has 0 aliphatic heterocycles. The summed E-state index contributed by atoms with van der Waals surface area (Å²) in [6, 6.07) is -3.33. The second-order valence-corrected chi connectivity index (χ2v) is 10.6. The van der Waals surface area contributed by atoms with Crippen molar-refractivity contribution < 1.29 is 49.2 Å². The van der Waals surface area contributed by atoms with Crippen LogP contribution in [0.4, 0.5) is 0 Å². The maximum atomic E-state index is 13.6. The van der Waals surface area contributed by atoms with Gasteiger partial charge in [0.1, 0.15) is 0 Å². The maximum Gasteiger partial charge on any atom is 0.344 e. The van der Waals surface area contributed by atoms with E-state index in [2.05, 4.69) is 16.0 Å². The molecule has 0 fully saturated rings. The van der Waals surface area contributed by atoms with Crippen molar-refractivity contribution in [3.8, 4) is 0 Å². The van der Waals surface area contributed by atoms with Crippen molar-refractivity contribution >= 4 is 34.9 Å². The third-order valence-electron chi connectivity index (χ3n) is 7.34. The van der Waals surface area contributed by atoms with E-state index in [4.69, 9.17) is 0 Å². The van der Waals surface area contributed by atoms with Crippen LogP contribution < -0.4 is 16.0 Å². The van der Waals surface area contributed by atoms with Crippen molar-refractivity contribution in [1.29, 1.82) is 0 Å². The van der Waals surface area contributed by atoms with Crippen LogP contribution in [-0.2, 0) is 28.8 Å². The molecule has 39 heavy (non-hydrogen) atoms. The van der Waals surface area contributed by atoms with E-state index in [0.717, 1.165) is 6.92 Å². The number of Topliss-reactive ketones (excluding diaryl/α,β-unsaturated/α-hetero) is 5. The first-order valence-corrected chi connectivity index (χ1v) is 12.9. The number of carboxylic acid groups (broad SMARTS) is 1. The fourth-order valence-electron chi connectivity index (χ4n) is 4.34. The minimum absolute atomic E-state index is 0.329. The highest BCUT2D eigenvalue weighted by Crippen LogP contribution is 2.30. The standard InChI is InChI=1S/C26H45N3O10/c1-10-14(4)19(29-9)16(30)11-26(39,23(35)36)22(34)25(38,20(32)15(5)27-7)12-17(31)24(6,37)21(33)18(28-8)13(2)3/h13-15,18-19,27-29,37-39H,10-12H2,1-9H3,(H,35,36)/t14?,15-,18-,19+,24?,25?,26?/m0/s1. The van der Waals surface area contributed by atoms with Crippen molar-refractivity contribution in [3.63, 3.8) is 0 Å². The predicted octanol–water partition coefficient (Wildman–Crippen LogP) is -1.60. The van der Waals surface area contributed by atoms with E-state index in [1.807, 2.05) is 0 Å². The van der Waals surface area contributed by atoms with Crippen LogP contribution in [0.1, 0.15) is 60.8 Å². The molecular formula is C26H45N3O10. The highest BCUT2D eigenvalue weighted by Gasteiger charge is 2.61. The fourth-order valence-corrected chi connectivity index (χ4v) is 4.34. The molecule has 13 nitrogen and oxygen atoms in total. The van der Waals surface area contributed by atoms with E-state index < -0.39 is 82.7 Å². The average Bonchev–Trinajstić information content (AvgIpc) is 2.86. The summed E-state index contributed by atoms with van der Waals surface area (Å²) in [5, 5.41) is 50.8. The van der Waals surface area contributed by atoms with Gasteiger partial charge in [0.15, 0.2) is 34.3 Å². The Balaban J connectivity index is 6.78. The van der Waals surface area contributed by atoms with Gasteiger partial charge in [-0.3, -0.25) is 24.0 Å². The van der Waals surface area contributed by atoms with Gasteiger partial charge in [0.2, 0.25) is 11.4 Å². The Morgan fingerprint density at radius 3 is 1.59 bits per heavy atom. The Bertz CT molecular complexity index is 950. The van der Waals surface area contributed by atoms with Gasteiger partial charge in [-0.05, 0) is 46.8 Å². The third-order valence-corrected chi connectivity index (χ3v) is 7.34. The zero-order valence-electron chi connectivity index (χ0n) is 24.2. The minimum atomic E-state index is -3.61. The Kier molecular flexibility index (Phi) is 13.4. The summed E-state index contributed by atoms with van der Waals surface area (Å²) >= 11 is 0. The molecule has 0 aliphatic carbocycles. The topological polar surface area (TPSA) is 219 Å². The quantitative estimate of drug-likeness (QED) is 0.0887. The molecule has 7 atom stereocenters. The number of carboxylic acids is 1. The molecule has 0 saturated carbocycles. The number of rotatable bonds is 19. The number of hydrogen-bond donors (Lipinski definition) is 7. The van der Waals surface area contributed by atoms with Crippen LogP contribution >= 0.6 is 0 Å². The van der Waals surface area contributed by atoms with E-state index in [1.54, 1.807) is 27.7 Å². The van der Waals surface area contributed by atoms with Gasteiger partial charge in [-0.15, -0.1) is 0 Å². The molecule has 0 bridgehead atoms. The number of aliphatic carboxylic acids is 1. The summed E-state index contributed by atoms with van der Waals surface area (Å²) < 4.78 is 0. The van der Waals surface area contributed by atoms with E-state index in [9.17, 15) is 49.2 Å². The van der Waals surface area contributed by atoms with E-state index in [0.29, 0.717) is 6.42 Å². The molecule has 0 spiro atoms. The first kappa shape index (κ1) is 36.6. The van der Waals surface area contributed by atoms with Crippen molar-refractivity contribution in [1.82, 2.24) is 16.0 Å².